The second-order valence-corrected chi connectivity index (χ2v) is 9.95. The number of para-hydroxylation sites is 1. The lowest BCUT2D eigenvalue weighted by molar-refractivity contribution is -0.115. The Kier molecular flexibility index (Phi) is 7.60. The van der Waals surface area contributed by atoms with Crippen molar-refractivity contribution < 1.29 is 13.9 Å². The molecular weight excluding hydrogens is 460 g/mol. The fourth-order valence-corrected chi connectivity index (χ4v) is 4.68. The normalized spacial score (nSPS) is 12.1. The van der Waals surface area contributed by atoms with Crippen LogP contribution in [0.25, 0.3) is 11.4 Å². The smallest absolute Gasteiger partial charge is 0.237 e. The Hall–Kier alpha value is -3.52. The highest BCUT2D eigenvalue weighted by Gasteiger charge is 2.23. The van der Waals surface area contributed by atoms with Crippen molar-refractivity contribution in [2.45, 2.75) is 50.6 Å². The number of thioether (sulfide) groups is 1. The number of carbonyl (C=O) groups excluding carboxylic acids is 1. The lowest BCUT2D eigenvalue weighted by Crippen LogP contribution is -2.24. The van der Waals surface area contributed by atoms with Gasteiger partial charge in [0.2, 0.25) is 5.91 Å². The van der Waals surface area contributed by atoms with Gasteiger partial charge in [0.25, 0.3) is 0 Å². The molecule has 8 heteroatoms. The number of hydrogen-bond acceptors (Lipinski definition) is 6. The minimum atomic E-state index is -0.396. The number of aryl methyl sites for hydroxylation is 1. The molecule has 1 N–H and O–H groups in total. The van der Waals surface area contributed by atoms with Crippen LogP contribution >= 0.6 is 11.8 Å². The van der Waals surface area contributed by atoms with Crippen LogP contribution in [0.3, 0.4) is 0 Å². The molecule has 0 spiro atoms. The van der Waals surface area contributed by atoms with Crippen LogP contribution in [0.15, 0.2) is 70.4 Å². The molecule has 0 saturated carbocycles. The fraction of sp³-hybridized carbons (Fsp3) is 0.296. The van der Waals surface area contributed by atoms with Crippen molar-refractivity contribution in [3.05, 3.63) is 77.7 Å². The van der Waals surface area contributed by atoms with Gasteiger partial charge in [-0.3, -0.25) is 9.36 Å². The molecule has 0 bridgehead atoms. The largest absolute Gasteiger partial charge is 0.497 e. The molecule has 1 atom stereocenters. The van der Waals surface area contributed by atoms with Gasteiger partial charge in [0.1, 0.15) is 11.5 Å². The summed E-state index contributed by atoms with van der Waals surface area (Å²) >= 11 is 1.37. The van der Waals surface area contributed by atoms with Crippen molar-refractivity contribution in [3.8, 4) is 17.1 Å². The van der Waals surface area contributed by atoms with E-state index in [9.17, 15) is 4.79 Å². The van der Waals surface area contributed by atoms with Crippen LogP contribution in [-0.2, 0) is 11.3 Å². The number of ether oxygens (including phenoxy) is 1. The summed E-state index contributed by atoms with van der Waals surface area (Å²) in [6, 6.07) is 17.5. The Labute approximate surface area is 209 Å². The van der Waals surface area contributed by atoms with E-state index in [0.29, 0.717) is 23.4 Å². The number of aromatic nitrogens is 3. The molecular formula is C27H30N4O3S. The predicted octanol–water partition coefficient (Wildman–Crippen LogP) is 6.15. The highest BCUT2D eigenvalue weighted by molar-refractivity contribution is 8.00. The Morgan fingerprint density at radius 2 is 1.91 bits per heavy atom. The van der Waals surface area contributed by atoms with Crippen molar-refractivity contribution in [2.75, 3.05) is 12.4 Å². The van der Waals surface area contributed by atoms with Gasteiger partial charge < -0.3 is 14.5 Å². The van der Waals surface area contributed by atoms with Crippen molar-refractivity contribution in [1.29, 1.82) is 0 Å². The van der Waals surface area contributed by atoms with E-state index in [1.807, 2.05) is 66.9 Å². The van der Waals surface area contributed by atoms with Gasteiger partial charge in [-0.05, 0) is 55.2 Å². The van der Waals surface area contributed by atoms with Gasteiger partial charge in [-0.2, -0.15) is 0 Å². The first kappa shape index (κ1) is 24.6. The first-order chi connectivity index (χ1) is 16.9. The first-order valence-corrected chi connectivity index (χ1v) is 12.4. The summed E-state index contributed by atoms with van der Waals surface area (Å²) in [6.45, 7) is 8.59. The van der Waals surface area contributed by atoms with Gasteiger partial charge in [-0.15, -0.1) is 10.2 Å². The standard InChI is InChI=1S/C27H30N4O3S/c1-17(2)23-13-6-9-18(3)24(23)28-26(32)19(4)35-27-30-29-25(20-10-7-11-21(15-20)33-5)31(27)16-22-12-8-14-34-22/h6-15,17,19H,16H2,1-5H3,(H,28,32). The number of amides is 1. The molecule has 4 rings (SSSR count). The molecule has 35 heavy (non-hydrogen) atoms. The van der Waals surface area contributed by atoms with E-state index < -0.39 is 5.25 Å². The van der Waals surface area contributed by atoms with Gasteiger partial charge in [0.05, 0.1) is 25.2 Å². The molecule has 2 heterocycles. The van der Waals surface area contributed by atoms with Gasteiger partial charge in [-0.25, -0.2) is 0 Å². The number of carbonyl (C=O) groups is 1. The minimum Gasteiger partial charge on any atom is -0.497 e. The molecule has 182 valence electrons. The Morgan fingerprint density at radius 1 is 1.11 bits per heavy atom. The molecule has 0 aliphatic heterocycles. The molecule has 1 unspecified atom stereocenters. The molecule has 0 fully saturated rings. The summed E-state index contributed by atoms with van der Waals surface area (Å²) in [5.41, 5.74) is 3.92. The Balaban J connectivity index is 1.61. The average molecular weight is 491 g/mol. The maximum absolute atomic E-state index is 13.2. The minimum absolute atomic E-state index is 0.0818. The van der Waals surface area contributed by atoms with E-state index in [1.165, 1.54) is 11.8 Å². The van der Waals surface area contributed by atoms with E-state index in [-0.39, 0.29) is 5.91 Å². The van der Waals surface area contributed by atoms with E-state index in [4.69, 9.17) is 9.15 Å². The van der Waals surface area contributed by atoms with Gasteiger partial charge in [0.15, 0.2) is 11.0 Å². The summed E-state index contributed by atoms with van der Waals surface area (Å²) in [5.74, 6) is 2.40. The van der Waals surface area contributed by atoms with Gasteiger partial charge in [0, 0.05) is 11.3 Å². The summed E-state index contributed by atoms with van der Waals surface area (Å²) in [5, 5.41) is 12.3. The third-order valence-electron chi connectivity index (χ3n) is 5.77. The summed E-state index contributed by atoms with van der Waals surface area (Å²) in [7, 11) is 1.63. The summed E-state index contributed by atoms with van der Waals surface area (Å²) in [4.78, 5) is 13.2. The molecule has 2 aromatic carbocycles. The number of furan rings is 1. The van der Waals surface area contributed by atoms with E-state index in [2.05, 4.69) is 35.4 Å². The number of anilines is 1. The van der Waals surface area contributed by atoms with Crippen molar-refractivity contribution in [2.24, 2.45) is 0 Å². The third-order valence-corrected chi connectivity index (χ3v) is 6.85. The lowest BCUT2D eigenvalue weighted by Gasteiger charge is -2.18. The number of rotatable bonds is 9. The SMILES string of the molecule is COc1cccc(-c2nnc(SC(C)C(=O)Nc3c(C)cccc3C(C)C)n2Cc2ccco2)c1. The van der Waals surface area contributed by atoms with Crippen LogP contribution in [0.4, 0.5) is 5.69 Å². The molecule has 0 radical (unpaired) electrons. The van der Waals surface area contributed by atoms with Crippen LogP contribution in [0.1, 0.15) is 43.6 Å². The number of benzene rings is 2. The van der Waals surface area contributed by atoms with Gasteiger partial charge >= 0.3 is 0 Å². The lowest BCUT2D eigenvalue weighted by atomic mass is 9.98. The van der Waals surface area contributed by atoms with Crippen LogP contribution < -0.4 is 10.1 Å². The molecule has 0 aliphatic rings. The van der Waals surface area contributed by atoms with Crippen LogP contribution in [0.5, 0.6) is 5.75 Å². The Bertz CT molecular complexity index is 1300. The number of hydrogen-bond donors (Lipinski definition) is 1. The van der Waals surface area contributed by atoms with Crippen LogP contribution in [0, 0.1) is 6.92 Å². The zero-order valence-corrected chi connectivity index (χ0v) is 21.4. The van der Waals surface area contributed by atoms with E-state index in [0.717, 1.165) is 33.9 Å². The number of nitrogens with one attached hydrogen (secondary N) is 1. The van der Waals surface area contributed by atoms with Crippen molar-refractivity contribution in [3.63, 3.8) is 0 Å². The molecule has 2 aromatic heterocycles. The highest BCUT2D eigenvalue weighted by Crippen LogP contribution is 2.32. The van der Waals surface area contributed by atoms with Crippen LogP contribution in [0.2, 0.25) is 0 Å². The first-order valence-electron chi connectivity index (χ1n) is 11.5. The Morgan fingerprint density at radius 3 is 2.63 bits per heavy atom. The van der Waals surface area contributed by atoms with Crippen molar-refractivity contribution in [1.82, 2.24) is 14.8 Å². The second kappa shape index (κ2) is 10.8. The average Bonchev–Trinajstić information content (AvgIpc) is 3.50. The third kappa shape index (κ3) is 5.59. The topological polar surface area (TPSA) is 82.2 Å². The number of methoxy groups -OCH3 is 1. The second-order valence-electron chi connectivity index (χ2n) is 8.65. The maximum Gasteiger partial charge on any atom is 0.237 e. The van der Waals surface area contributed by atoms with Crippen LogP contribution in [-0.4, -0.2) is 33.0 Å². The maximum atomic E-state index is 13.2. The van der Waals surface area contributed by atoms with E-state index in [1.54, 1.807) is 13.4 Å². The molecule has 0 saturated heterocycles. The monoisotopic (exact) mass is 490 g/mol. The highest BCUT2D eigenvalue weighted by atomic mass is 32.2. The zero-order chi connectivity index (χ0) is 24.9. The van der Waals surface area contributed by atoms with Crippen molar-refractivity contribution >= 4 is 23.4 Å². The summed E-state index contributed by atoms with van der Waals surface area (Å²) < 4.78 is 12.9. The number of nitrogens with zero attached hydrogens (tertiary/aromatic N) is 3. The molecule has 7 nitrogen and oxygen atoms in total. The molecule has 4 aromatic rings. The van der Waals surface area contributed by atoms with E-state index >= 15 is 0 Å². The predicted molar refractivity (Wildman–Crippen MR) is 139 cm³/mol. The fourth-order valence-electron chi connectivity index (χ4n) is 3.83. The summed E-state index contributed by atoms with van der Waals surface area (Å²) in [6.07, 6.45) is 1.64. The molecule has 0 aliphatic carbocycles. The van der Waals surface area contributed by atoms with Gasteiger partial charge in [-0.1, -0.05) is 55.9 Å². The zero-order valence-electron chi connectivity index (χ0n) is 20.6. The molecule has 1 amide bonds. The quantitative estimate of drug-likeness (QED) is 0.284.